The molecule has 0 aromatic rings. The number of nitrogens with zero attached hydrogens (tertiary/aromatic N) is 2. The van der Waals surface area contributed by atoms with Gasteiger partial charge in [0, 0.05) is 26.7 Å². The molecule has 1 aliphatic rings. The summed E-state index contributed by atoms with van der Waals surface area (Å²) >= 11 is 0. The van der Waals surface area contributed by atoms with Gasteiger partial charge in [-0.15, -0.1) is 6.58 Å². The number of hydrogen-bond acceptors (Lipinski definition) is 2. The lowest BCUT2D eigenvalue weighted by molar-refractivity contribution is 0.232. The molecular weight excluding hydrogens is 200 g/mol. The van der Waals surface area contributed by atoms with Crippen LogP contribution in [-0.2, 0) is 0 Å². The van der Waals surface area contributed by atoms with Crippen molar-refractivity contribution in [1.29, 1.82) is 0 Å². The highest BCUT2D eigenvalue weighted by Gasteiger charge is 2.08. The van der Waals surface area contributed by atoms with Crippen molar-refractivity contribution < 1.29 is 0 Å². The second kappa shape index (κ2) is 8.16. The predicted octanol–water partition coefficient (Wildman–Crippen LogP) is 0.823. The summed E-state index contributed by atoms with van der Waals surface area (Å²) in [6.07, 6.45) is 5.93. The summed E-state index contributed by atoms with van der Waals surface area (Å²) in [7, 11) is 1.79. The van der Waals surface area contributed by atoms with Crippen LogP contribution in [0.4, 0.5) is 0 Å². The largest absolute Gasteiger partial charge is 0.355 e. The van der Waals surface area contributed by atoms with E-state index in [1.807, 2.05) is 6.08 Å². The Morgan fingerprint density at radius 3 is 2.69 bits per heavy atom. The van der Waals surface area contributed by atoms with E-state index in [0.717, 1.165) is 25.6 Å². The number of nitrogens with one attached hydrogen (secondary N) is 2. The van der Waals surface area contributed by atoms with Gasteiger partial charge in [-0.3, -0.25) is 4.99 Å². The molecule has 1 heterocycles. The molecule has 0 aromatic carbocycles. The molecule has 1 fully saturated rings. The molecule has 1 aliphatic heterocycles. The van der Waals surface area contributed by atoms with E-state index in [2.05, 4.69) is 27.1 Å². The fourth-order valence-corrected chi connectivity index (χ4v) is 1.90. The van der Waals surface area contributed by atoms with E-state index in [4.69, 9.17) is 0 Å². The molecule has 0 atom stereocenters. The minimum absolute atomic E-state index is 0.753. The third kappa shape index (κ3) is 5.16. The lowest BCUT2D eigenvalue weighted by atomic mass is 10.1. The number of hydrogen-bond donors (Lipinski definition) is 2. The van der Waals surface area contributed by atoms with E-state index in [-0.39, 0.29) is 0 Å². The van der Waals surface area contributed by atoms with E-state index in [9.17, 15) is 0 Å². The molecule has 1 rings (SSSR count). The van der Waals surface area contributed by atoms with E-state index < -0.39 is 0 Å². The van der Waals surface area contributed by atoms with Gasteiger partial charge in [-0.25, -0.2) is 0 Å². The molecule has 0 bridgehead atoms. The highest BCUT2D eigenvalue weighted by Crippen LogP contribution is 2.07. The third-order valence-electron chi connectivity index (χ3n) is 2.81. The van der Waals surface area contributed by atoms with Crippen molar-refractivity contribution in [3.63, 3.8) is 0 Å². The average Bonchev–Trinajstić information content (AvgIpc) is 2.35. The topological polar surface area (TPSA) is 39.7 Å². The number of aliphatic imine (C=N–C) groups is 1. The van der Waals surface area contributed by atoms with Crippen molar-refractivity contribution in [2.24, 2.45) is 4.99 Å². The Morgan fingerprint density at radius 2 is 2.06 bits per heavy atom. The minimum atomic E-state index is 0.753. The zero-order chi connectivity index (χ0) is 11.6. The Labute approximate surface area is 98.8 Å². The SMILES string of the molecule is C=CCNC(=NC)NCCN1CCCCC1. The van der Waals surface area contributed by atoms with Crippen LogP contribution in [0, 0.1) is 0 Å². The number of guanidine groups is 1. The molecule has 0 aliphatic carbocycles. The van der Waals surface area contributed by atoms with Crippen LogP contribution in [-0.4, -0.2) is 50.6 Å². The molecular formula is C12H24N4. The normalized spacial score (nSPS) is 18.2. The predicted molar refractivity (Wildman–Crippen MR) is 69.9 cm³/mol. The monoisotopic (exact) mass is 224 g/mol. The minimum Gasteiger partial charge on any atom is -0.355 e. The van der Waals surface area contributed by atoms with Crippen molar-refractivity contribution in [3.05, 3.63) is 12.7 Å². The fraction of sp³-hybridized carbons (Fsp3) is 0.750. The van der Waals surface area contributed by atoms with E-state index in [1.165, 1.54) is 32.4 Å². The van der Waals surface area contributed by atoms with Crippen LogP contribution >= 0.6 is 0 Å². The standard InChI is InChI=1S/C12H24N4/c1-3-7-14-12(13-2)15-8-11-16-9-5-4-6-10-16/h3H,1,4-11H2,2H3,(H2,13,14,15). The fourth-order valence-electron chi connectivity index (χ4n) is 1.90. The van der Waals surface area contributed by atoms with Crippen molar-refractivity contribution in [2.45, 2.75) is 19.3 Å². The quantitative estimate of drug-likeness (QED) is 0.413. The van der Waals surface area contributed by atoms with Crippen LogP contribution in [0.25, 0.3) is 0 Å². The molecule has 16 heavy (non-hydrogen) atoms. The van der Waals surface area contributed by atoms with Crippen LogP contribution in [0.2, 0.25) is 0 Å². The average molecular weight is 224 g/mol. The van der Waals surface area contributed by atoms with Crippen LogP contribution < -0.4 is 10.6 Å². The van der Waals surface area contributed by atoms with Gasteiger partial charge in [-0.1, -0.05) is 12.5 Å². The maximum absolute atomic E-state index is 4.14. The van der Waals surface area contributed by atoms with Gasteiger partial charge in [0.15, 0.2) is 5.96 Å². The van der Waals surface area contributed by atoms with Gasteiger partial charge in [0.25, 0.3) is 0 Å². The first-order chi connectivity index (χ1) is 7.86. The van der Waals surface area contributed by atoms with Crippen LogP contribution in [0.1, 0.15) is 19.3 Å². The molecule has 0 amide bonds. The van der Waals surface area contributed by atoms with Crippen molar-refractivity contribution >= 4 is 5.96 Å². The van der Waals surface area contributed by atoms with Gasteiger partial charge in [0.2, 0.25) is 0 Å². The molecule has 0 aromatic heterocycles. The molecule has 0 spiro atoms. The van der Waals surface area contributed by atoms with E-state index in [1.54, 1.807) is 7.05 Å². The number of likely N-dealkylation sites (tertiary alicyclic amines) is 1. The van der Waals surface area contributed by atoms with Gasteiger partial charge in [-0.05, 0) is 25.9 Å². The molecule has 4 heteroatoms. The Morgan fingerprint density at radius 1 is 1.31 bits per heavy atom. The Hall–Kier alpha value is -1.03. The lowest BCUT2D eigenvalue weighted by Crippen LogP contribution is -2.42. The summed E-state index contributed by atoms with van der Waals surface area (Å²) in [6.45, 7) is 8.98. The summed E-state index contributed by atoms with van der Waals surface area (Å²) in [5.41, 5.74) is 0. The van der Waals surface area contributed by atoms with Crippen molar-refractivity contribution in [3.8, 4) is 0 Å². The first-order valence-electron chi connectivity index (χ1n) is 6.14. The summed E-state index contributed by atoms with van der Waals surface area (Å²) in [5, 5.41) is 6.46. The van der Waals surface area contributed by atoms with Gasteiger partial charge < -0.3 is 15.5 Å². The summed E-state index contributed by atoms with van der Waals surface area (Å²) in [5.74, 6) is 0.858. The molecule has 0 unspecified atom stereocenters. The molecule has 92 valence electrons. The number of piperidine rings is 1. The van der Waals surface area contributed by atoms with Gasteiger partial charge in [-0.2, -0.15) is 0 Å². The second-order valence-corrected chi connectivity index (χ2v) is 4.07. The van der Waals surface area contributed by atoms with Gasteiger partial charge in [0.05, 0.1) is 0 Å². The van der Waals surface area contributed by atoms with Crippen LogP contribution in [0.15, 0.2) is 17.6 Å². The Balaban J connectivity index is 2.10. The molecule has 0 radical (unpaired) electrons. The Kier molecular flexibility index (Phi) is 6.65. The van der Waals surface area contributed by atoms with Crippen LogP contribution in [0.5, 0.6) is 0 Å². The zero-order valence-corrected chi connectivity index (χ0v) is 10.3. The Bertz CT molecular complexity index is 219. The summed E-state index contributed by atoms with van der Waals surface area (Å²) in [6, 6.07) is 0. The van der Waals surface area contributed by atoms with Gasteiger partial charge >= 0.3 is 0 Å². The zero-order valence-electron chi connectivity index (χ0n) is 10.3. The number of rotatable bonds is 5. The second-order valence-electron chi connectivity index (χ2n) is 4.07. The first kappa shape index (κ1) is 13.0. The highest BCUT2D eigenvalue weighted by molar-refractivity contribution is 5.79. The van der Waals surface area contributed by atoms with Crippen LogP contribution in [0.3, 0.4) is 0 Å². The van der Waals surface area contributed by atoms with Crippen molar-refractivity contribution in [1.82, 2.24) is 15.5 Å². The first-order valence-corrected chi connectivity index (χ1v) is 6.14. The highest BCUT2D eigenvalue weighted by atomic mass is 15.2. The lowest BCUT2D eigenvalue weighted by Gasteiger charge is -2.26. The molecule has 1 saturated heterocycles. The molecule has 2 N–H and O–H groups in total. The third-order valence-corrected chi connectivity index (χ3v) is 2.81. The van der Waals surface area contributed by atoms with E-state index >= 15 is 0 Å². The van der Waals surface area contributed by atoms with Crippen molar-refractivity contribution in [2.75, 3.05) is 39.8 Å². The maximum Gasteiger partial charge on any atom is 0.191 e. The van der Waals surface area contributed by atoms with E-state index in [0.29, 0.717) is 0 Å². The molecule has 0 saturated carbocycles. The smallest absolute Gasteiger partial charge is 0.191 e. The molecule has 4 nitrogen and oxygen atoms in total. The summed E-state index contributed by atoms with van der Waals surface area (Å²) in [4.78, 5) is 6.65. The maximum atomic E-state index is 4.14. The summed E-state index contributed by atoms with van der Waals surface area (Å²) < 4.78 is 0. The van der Waals surface area contributed by atoms with Gasteiger partial charge in [0.1, 0.15) is 0 Å².